The lowest BCUT2D eigenvalue weighted by Crippen LogP contribution is -2.34. The number of carboxylic acids is 1. The molecule has 0 saturated heterocycles. The van der Waals surface area contributed by atoms with Crippen molar-refractivity contribution in [1.29, 1.82) is 0 Å². The molecule has 0 radical (unpaired) electrons. The average molecular weight is 444 g/mol. The quantitative estimate of drug-likeness (QED) is 0.621. The molecule has 2 aromatic rings. The zero-order chi connectivity index (χ0) is 18.6. The summed E-state index contributed by atoms with van der Waals surface area (Å²) in [4.78, 5) is 23.2. The number of ether oxygens (including phenoxy) is 1. The van der Waals surface area contributed by atoms with Gasteiger partial charge in [-0.3, -0.25) is 10.1 Å². The van der Waals surface area contributed by atoms with Crippen LogP contribution < -0.4 is 15.4 Å². The van der Waals surface area contributed by atoms with Crippen LogP contribution in [0.3, 0.4) is 0 Å². The largest absolute Gasteiger partial charge is 0.495 e. The molecule has 0 heterocycles. The molecular formula is C16H12BrClN2O4S. The molecule has 0 atom stereocenters. The van der Waals surface area contributed by atoms with Gasteiger partial charge >= 0.3 is 5.97 Å². The molecule has 0 aromatic heterocycles. The first-order valence-corrected chi connectivity index (χ1v) is 8.38. The number of carbonyl (C=O) groups is 2. The molecule has 2 aromatic carbocycles. The van der Waals surface area contributed by atoms with E-state index in [-0.39, 0.29) is 10.7 Å². The van der Waals surface area contributed by atoms with Crippen LogP contribution in [0, 0.1) is 0 Å². The summed E-state index contributed by atoms with van der Waals surface area (Å²) in [7, 11) is 1.48. The normalized spacial score (nSPS) is 10.0. The molecule has 0 fully saturated rings. The molecule has 0 bridgehead atoms. The van der Waals surface area contributed by atoms with Crippen LogP contribution in [0.15, 0.2) is 40.9 Å². The van der Waals surface area contributed by atoms with E-state index in [2.05, 4.69) is 26.6 Å². The van der Waals surface area contributed by atoms with Crippen molar-refractivity contribution >= 4 is 62.4 Å². The number of amides is 1. The number of methoxy groups -OCH3 is 1. The van der Waals surface area contributed by atoms with Crippen LogP contribution in [0.5, 0.6) is 5.75 Å². The van der Waals surface area contributed by atoms with Gasteiger partial charge in [-0.25, -0.2) is 4.79 Å². The molecule has 0 spiro atoms. The summed E-state index contributed by atoms with van der Waals surface area (Å²) < 4.78 is 5.63. The first kappa shape index (κ1) is 19.2. The lowest BCUT2D eigenvalue weighted by Gasteiger charge is -2.12. The summed E-state index contributed by atoms with van der Waals surface area (Å²) >= 11 is 14.4. The van der Waals surface area contributed by atoms with E-state index in [4.69, 9.17) is 33.7 Å². The highest BCUT2D eigenvalue weighted by Gasteiger charge is 2.13. The van der Waals surface area contributed by atoms with Crippen molar-refractivity contribution in [1.82, 2.24) is 5.32 Å². The van der Waals surface area contributed by atoms with Gasteiger partial charge in [0.25, 0.3) is 5.91 Å². The third kappa shape index (κ3) is 4.91. The monoisotopic (exact) mass is 442 g/mol. The topological polar surface area (TPSA) is 87.7 Å². The van der Waals surface area contributed by atoms with E-state index in [1.54, 1.807) is 18.2 Å². The number of rotatable bonds is 4. The van der Waals surface area contributed by atoms with Crippen LogP contribution in [-0.2, 0) is 0 Å². The van der Waals surface area contributed by atoms with Crippen LogP contribution in [0.2, 0.25) is 5.02 Å². The Bertz CT molecular complexity index is 860. The molecule has 130 valence electrons. The minimum absolute atomic E-state index is 0.0141. The van der Waals surface area contributed by atoms with Gasteiger partial charge in [-0.2, -0.15) is 0 Å². The highest BCUT2D eigenvalue weighted by Crippen LogP contribution is 2.25. The highest BCUT2D eigenvalue weighted by atomic mass is 79.9. The van der Waals surface area contributed by atoms with Gasteiger partial charge in [0.15, 0.2) is 5.11 Å². The fourth-order valence-corrected chi connectivity index (χ4v) is 2.70. The van der Waals surface area contributed by atoms with Crippen LogP contribution in [0.25, 0.3) is 0 Å². The lowest BCUT2D eigenvalue weighted by molar-refractivity contribution is 0.0696. The van der Waals surface area contributed by atoms with Crippen molar-refractivity contribution in [2.24, 2.45) is 0 Å². The maximum atomic E-state index is 12.2. The van der Waals surface area contributed by atoms with E-state index in [0.717, 1.165) is 0 Å². The summed E-state index contributed by atoms with van der Waals surface area (Å²) in [5.41, 5.74) is 0.799. The van der Waals surface area contributed by atoms with Crippen molar-refractivity contribution < 1.29 is 19.4 Å². The molecular weight excluding hydrogens is 432 g/mol. The van der Waals surface area contributed by atoms with Crippen LogP contribution >= 0.6 is 39.7 Å². The number of carboxylic acid groups (broad SMARTS) is 1. The Balaban J connectivity index is 2.10. The zero-order valence-electron chi connectivity index (χ0n) is 12.8. The smallest absolute Gasteiger partial charge is 0.335 e. The van der Waals surface area contributed by atoms with Crippen LogP contribution in [0.4, 0.5) is 5.69 Å². The summed E-state index contributed by atoms with van der Waals surface area (Å²) in [6.07, 6.45) is 0. The first-order chi connectivity index (χ1) is 11.8. The van der Waals surface area contributed by atoms with E-state index < -0.39 is 11.9 Å². The molecule has 0 aliphatic carbocycles. The molecule has 6 nitrogen and oxygen atoms in total. The zero-order valence-corrected chi connectivity index (χ0v) is 16.0. The molecule has 2 rings (SSSR count). The second-order valence-corrected chi connectivity index (χ2v) is 6.43. The van der Waals surface area contributed by atoms with E-state index in [1.165, 1.54) is 25.3 Å². The minimum Gasteiger partial charge on any atom is -0.495 e. The van der Waals surface area contributed by atoms with Crippen molar-refractivity contribution in [2.45, 2.75) is 0 Å². The number of halogens is 2. The molecule has 0 unspecified atom stereocenters. The number of hydrogen-bond acceptors (Lipinski definition) is 4. The number of anilines is 1. The fourth-order valence-electron chi connectivity index (χ4n) is 1.89. The van der Waals surface area contributed by atoms with Crippen molar-refractivity contribution in [3.05, 3.63) is 57.0 Å². The van der Waals surface area contributed by atoms with E-state index >= 15 is 0 Å². The number of nitrogens with one attached hydrogen (secondary N) is 2. The highest BCUT2D eigenvalue weighted by molar-refractivity contribution is 9.10. The van der Waals surface area contributed by atoms with Crippen LogP contribution in [-0.4, -0.2) is 29.2 Å². The van der Waals surface area contributed by atoms with Gasteiger partial charge in [0.2, 0.25) is 0 Å². The Morgan fingerprint density at radius 3 is 2.48 bits per heavy atom. The third-order valence-corrected chi connectivity index (χ3v) is 4.29. The average Bonchev–Trinajstić information content (AvgIpc) is 2.56. The van der Waals surface area contributed by atoms with Crippen molar-refractivity contribution in [3.63, 3.8) is 0 Å². The van der Waals surface area contributed by atoms with Gasteiger partial charge < -0.3 is 15.2 Å². The predicted octanol–water partition coefficient (Wildman–Crippen LogP) is 3.94. The minimum atomic E-state index is -1.07. The summed E-state index contributed by atoms with van der Waals surface area (Å²) in [6, 6.07) is 8.98. The van der Waals surface area contributed by atoms with E-state index in [0.29, 0.717) is 26.5 Å². The summed E-state index contributed by atoms with van der Waals surface area (Å²) in [5.74, 6) is -1.08. The Morgan fingerprint density at radius 1 is 1.20 bits per heavy atom. The Kier molecular flexibility index (Phi) is 6.35. The van der Waals surface area contributed by atoms with E-state index in [1.807, 2.05) is 0 Å². The summed E-state index contributed by atoms with van der Waals surface area (Å²) in [6.45, 7) is 0. The molecule has 1 amide bonds. The van der Waals surface area contributed by atoms with E-state index in [9.17, 15) is 9.59 Å². The number of aromatic carboxylic acids is 1. The fraction of sp³-hybridized carbons (Fsp3) is 0.0625. The number of carbonyl (C=O) groups excluding carboxylic acids is 1. The summed E-state index contributed by atoms with van der Waals surface area (Å²) in [5, 5.41) is 14.6. The van der Waals surface area contributed by atoms with Gasteiger partial charge in [0, 0.05) is 10.0 Å². The Labute approximate surface area is 162 Å². The Hall–Kier alpha value is -2.16. The van der Waals surface area contributed by atoms with Gasteiger partial charge in [-0.15, -0.1) is 0 Å². The van der Waals surface area contributed by atoms with Crippen LogP contribution in [0.1, 0.15) is 20.7 Å². The standard InChI is InChI=1S/C16H12BrClN2O4S/c1-24-13-5-3-8(6-11(13)18)14(21)20-16(25)19-12-7-9(15(22)23)2-4-10(12)17/h2-7H,1H3,(H,22,23)(H2,19,20,21,25). The lowest BCUT2D eigenvalue weighted by atomic mass is 10.2. The molecule has 0 aliphatic heterocycles. The molecule has 9 heteroatoms. The van der Waals surface area contributed by atoms with Gasteiger partial charge in [0.05, 0.1) is 23.4 Å². The molecule has 25 heavy (non-hydrogen) atoms. The third-order valence-electron chi connectivity index (χ3n) is 3.10. The van der Waals surface area contributed by atoms with Gasteiger partial charge in [0.1, 0.15) is 5.75 Å². The van der Waals surface area contributed by atoms with Gasteiger partial charge in [-0.05, 0) is 64.5 Å². The molecule has 3 N–H and O–H groups in total. The van der Waals surface area contributed by atoms with Gasteiger partial charge in [-0.1, -0.05) is 11.6 Å². The number of benzene rings is 2. The predicted molar refractivity (Wildman–Crippen MR) is 103 cm³/mol. The number of hydrogen-bond donors (Lipinski definition) is 3. The first-order valence-electron chi connectivity index (χ1n) is 6.80. The SMILES string of the molecule is COc1ccc(C(=O)NC(=S)Nc2cc(C(=O)O)ccc2Br)cc1Cl. The maximum absolute atomic E-state index is 12.2. The molecule has 0 saturated carbocycles. The van der Waals surface area contributed by atoms with Crippen molar-refractivity contribution in [2.75, 3.05) is 12.4 Å². The molecule has 0 aliphatic rings. The Morgan fingerprint density at radius 2 is 1.88 bits per heavy atom. The number of thiocarbonyl (C=S) groups is 1. The second-order valence-electron chi connectivity index (χ2n) is 4.76. The maximum Gasteiger partial charge on any atom is 0.335 e. The van der Waals surface area contributed by atoms with Crippen molar-refractivity contribution in [3.8, 4) is 5.75 Å². The second kappa shape index (κ2) is 8.28.